The molecule has 0 spiro atoms. The molecular weight excluding hydrogens is 414 g/mol. The normalized spacial score (nSPS) is 12.2. The molecule has 0 aliphatic heterocycles. The van der Waals surface area contributed by atoms with Crippen LogP contribution in [0.25, 0.3) is 0 Å². The van der Waals surface area contributed by atoms with Crippen LogP contribution in [0.1, 0.15) is 81.8 Å². The summed E-state index contributed by atoms with van der Waals surface area (Å²) in [5.41, 5.74) is -2.76. The fraction of sp³-hybridized carbons (Fsp3) is 0.667. The Hall–Kier alpha value is -1.93. The van der Waals surface area contributed by atoms with E-state index >= 15 is 0 Å². The molecule has 0 heterocycles. The van der Waals surface area contributed by atoms with Crippen molar-refractivity contribution in [3.05, 3.63) is 29.3 Å². The molecule has 0 aliphatic carbocycles. The van der Waals surface area contributed by atoms with Gasteiger partial charge in [-0.1, -0.05) is 51.4 Å². The van der Waals surface area contributed by atoms with Crippen LogP contribution in [0.5, 0.6) is 5.75 Å². The lowest BCUT2D eigenvalue weighted by Gasteiger charge is -2.14. The molecule has 172 valence electrons. The molecule has 0 amide bonds. The Morgan fingerprint density at radius 3 is 1.50 bits per heavy atom. The van der Waals surface area contributed by atoms with Crippen LogP contribution in [0.2, 0.25) is 0 Å². The molecule has 1 rings (SSSR count). The van der Waals surface area contributed by atoms with Gasteiger partial charge >= 0.3 is 18.3 Å². The van der Waals surface area contributed by atoms with Crippen LogP contribution in [0.3, 0.4) is 0 Å². The molecule has 0 atom stereocenters. The van der Waals surface area contributed by atoms with E-state index < -0.39 is 35.2 Å². The lowest BCUT2D eigenvalue weighted by molar-refractivity contribution is -0.143. The van der Waals surface area contributed by atoms with Crippen molar-refractivity contribution >= 4 is 5.97 Å². The zero-order valence-electron chi connectivity index (χ0n) is 16.7. The second-order valence-electron chi connectivity index (χ2n) is 7.27. The van der Waals surface area contributed by atoms with Crippen molar-refractivity contribution in [2.75, 3.05) is 6.61 Å². The maximum Gasteiger partial charge on any atom is 0.416 e. The molecule has 0 saturated carbocycles. The minimum atomic E-state index is -4.88. The number of ether oxygens (including phenoxy) is 1. The minimum Gasteiger partial charge on any atom is -0.494 e. The van der Waals surface area contributed by atoms with Crippen molar-refractivity contribution in [1.82, 2.24) is 0 Å². The summed E-state index contributed by atoms with van der Waals surface area (Å²) >= 11 is 0. The maximum atomic E-state index is 12.8. The van der Waals surface area contributed by atoms with Crippen molar-refractivity contribution in [3.63, 3.8) is 0 Å². The fourth-order valence-corrected chi connectivity index (χ4v) is 2.99. The molecule has 1 aromatic carbocycles. The third kappa shape index (κ3) is 11.3. The zero-order chi connectivity index (χ0) is 22.6. The van der Waals surface area contributed by atoms with Gasteiger partial charge in [0.25, 0.3) is 0 Å². The van der Waals surface area contributed by atoms with Crippen LogP contribution in [0.15, 0.2) is 18.2 Å². The van der Waals surface area contributed by atoms with E-state index in [-0.39, 0.29) is 19.1 Å². The number of hydrogen-bond acceptors (Lipinski definition) is 2. The molecule has 0 aliphatic rings. The van der Waals surface area contributed by atoms with Gasteiger partial charge < -0.3 is 9.84 Å². The van der Waals surface area contributed by atoms with Crippen molar-refractivity contribution in [2.24, 2.45) is 0 Å². The van der Waals surface area contributed by atoms with E-state index in [0.29, 0.717) is 25.0 Å². The lowest BCUT2D eigenvalue weighted by atomic mass is 10.1. The number of halogens is 6. The van der Waals surface area contributed by atoms with Gasteiger partial charge in [-0.2, -0.15) is 26.3 Å². The summed E-state index contributed by atoms with van der Waals surface area (Å²) in [4.78, 5) is 10.4. The van der Waals surface area contributed by atoms with E-state index in [4.69, 9.17) is 9.84 Å². The maximum absolute atomic E-state index is 12.8. The number of aliphatic carboxylic acids is 1. The van der Waals surface area contributed by atoms with Gasteiger partial charge in [0.15, 0.2) is 0 Å². The molecule has 0 fully saturated rings. The number of hydrogen-bond donors (Lipinski definition) is 1. The van der Waals surface area contributed by atoms with E-state index in [0.717, 1.165) is 51.4 Å². The highest BCUT2D eigenvalue weighted by Crippen LogP contribution is 2.38. The monoisotopic (exact) mass is 442 g/mol. The van der Waals surface area contributed by atoms with Crippen LogP contribution in [0.4, 0.5) is 26.3 Å². The first-order chi connectivity index (χ1) is 14.0. The van der Waals surface area contributed by atoms with E-state index in [1.807, 2.05) is 0 Å². The first-order valence-electron chi connectivity index (χ1n) is 10.1. The van der Waals surface area contributed by atoms with Gasteiger partial charge in [-0.05, 0) is 31.0 Å². The van der Waals surface area contributed by atoms with Crippen molar-refractivity contribution in [3.8, 4) is 5.75 Å². The lowest BCUT2D eigenvalue weighted by Crippen LogP contribution is -2.11. The van der Waals surface area contributed by atoms with Gasteiger partial charge in [0.2, 0.25) is 0 Å². The van der Waals surface area contributed by atoms with Crippen molar-refractivity contribution < 1.29 is 41.0 Å². The van der Waals surface area contributed by atoms with Gasteiger partial charge in [0.05, 0.1) is 17.7 Å². The molecule has 1 N–H and O–H groups in total. The smallest absolute Gasteiger partial charge is 0.416 e. The van der Waals surface area contributed by atoms with Gasteiger partial charge in [-0.3, -0.25) is 4.79 Å². The number of benzene rings is 1. The second-order valence-corrected chi connectivity index (χ2v) is 7.27. The summed E-state index contributed by atoms with van der Waals surface area (Å²) in [6, 6.07) is 1.26. The minimum absolute atomic E-state index is 0.0577. The molecule has 0 radical (unpaired) electrons. The molecular formula is C21H28F6O3. The third-order valence-corrected chi connectivity index (χ3v) is 4.61. The average Bonchev–Trinajstić information content (AvgIpc) is 2.63. The summed E-state index contributed by atoms with van der Waals surface area (Å²) in [6.45, 7) is 0.0577. The van der Waals surface area contributed by atoms with Crippen LogP contribution < -0.4 is 4.74 Å². The summed E-state index contributed by atoms with van der Waals surface area (Å²) < 4.78 is 81.9. The molecule has 1 aromatic rings. The molecule has 0 unspecified atom stereocenters. The molecule has 3 nitrogen and oxygen atoms in total. The predicted octanol–water partition coefficient (Wildman–Crippen LogP) is 7.48. The standard InChI is InChI=1S/C21H28F6O3/c22-20(23,24)16-13-17(21(25,26)27)15-18(14-16)30-12-10-8-6-4-2-1-3-5-7-9-11-19(28)29/h13-15H,1-12H2,(H,28,29). The number of rotatable bonds is 14. The number of carboxylic acid groups (broad SMARTS) is 1. The average molecular weight is 442 g/mol. The number of carbonyl (C=O) groups is 1. The summed E-state index contributed by atoms with van der Waals surface area (Å²) in [6.07, 6.45) is -0.521. The topological polar surface area (TPSA) is 46.5 Å². The summed E-state index contributed by atoms with van der Waals surface area (Å²) in [5.74, 6) is -1.20. The van der Waals surface area contributed by atoms with E-state index in [9.17, 15) is 31.1 Å². The van der Waals surface area contributed by atoms with Crippen LogP contribution in [-0.2, 0) is 17.1 Å². The Kier molecular flexibility index (Phi) is 11.0. The van der Waals surface area contributed by atoms with Gasteiger partial charge in [-0.25, -0.2) is 0 Å². The Labute approximate surface area is 172 Å². The zero-order valence-corrected chi connectivity index (χ0v) is 16.7. The van der Waals surface area contributed by atoms with Crippen LogP contribution >= 0.6 is 0 Å². The molecule has 30 heavy (non-hydrogen) atoms. The van der Waals surface area contributed by atoms with E-state index in [1.54, 1.807) is 0 Å². The number of carboxylic acids is 1. The predicted molar refractivity (Wildman–Crippen MR) is 100 cm³/mol. The first kappa shape index (κ1) is 26.1. The van der Waals surface area contributed by atoms with Gasteiger partial charge in [0.1, 0.15) is 5.75 Å². The van der Waals surface area contributed by atoms with E-state index in [1.165, 1.54) is 0 Å². The van der Waals surface area contributed by atoms with Crippen LogP contribution in [0, 0.1) is 0 Å². The Balaban J connectivity index is 2.22. The Morgan fingerprint density at radius 1 is 0.700 bits per heavy atom. The molecule has 0 aromatic heterocycles. The largest absolute Gasteiger partial charge is 0.494 e. The SMILES string of the molecule is O=C(O)CCCCCCCCCCCCOc1cc(C(F)(F)F)cc(C(F)(F)F)c1. The van der Waals surface area contributed by atoms with Gasteiger partial charge in [0, 0.05) is 6.42 Å². The quantitative estimate of drug-likeness (QED) is 0.240. The highest BCUT2D eigenvalue weighted by atomic mass is 19.4. The molecule has 9 heteroatoms. The van der Waals surface area contributed by atoms with Gasteiger partial charge in [-0.15, -0.1) is 0 Å². The number of unbranched alkanes of at least 4 members (excludes halogenated alkanes) is 9. The Morgan fingerprint density at radius 2 is 1.10 bits per heavy atom. The van der Waals surface area contributed by atoms with Crippen molar-refractivity contribution in [1.29, 1.82) is 0 Å². The van der Waals surface area contributed by atoms with E-state index in [2.05, 4.69) is 0 Å². The summed E-state index contributed by atoms with van der Waals surface area (Å²) in [7, 11) is 0. The highest BCUT2D eigenvalue weighted by Gasteiger charge is 2.37. The van der Waals surface area contributed by atoms with Crippen molar-refractivity contribution in [2.45, 2.75) is 83.0 Å². The first-order valence-corrected chi connectivity index (χ1v) is 10.1. The summed E-state index contributed by atoms with van der Waals surface area (Å²) in [5, 5.41) is 8.53. The van der Waals surface area contributed by atoms with Crippen LogP contribution in [-0.4, -0.2) is 17.7 Å². The highest BCUT2D eigenvalue weighted by molar-refractivity contribution is 5.66. The molecule has 0 bridgehead atoms. The Bertz CT molecular complexity index is 608. The molecule has 0 saturated heterocycles. The third-order valence-electron chi connectivity index (χ3n) is 4.61. The second kappa shape index (κ2) is 12.7. The fourth-order valence-electron chi connectivity index (χ4n) is 2.99. The number of alkyl halides is 6.